The number of morpholine rings is 1. The van der Waals surface area contributed by atoms with Gasteiger partial charge < -0.3 is 25.0 Å². The number of rotatable bonds is 3. The highest BCUT2D eigenvalue weighted by Crippen LogP contribution is 2.45. The van der Waals surface area contributed by atoms with Crippen LogP contribution in [-0.2, 0) is 4.74 Å². The number of fused-ring (bicyclic) bond motifs is 2. The summed E-state index contributed by atoms with van der Waals surface area (Å²) >= 11 is 0. The molecule has 2 N–H and O–H groups in total. The van der Waals surface area contributed by atoms with Gasteiger partial charge in [-0.05, 0) is 62.5 Å². The fraction of sp³-hybridized carbons (Fsp3) is 0.519. The van der Waals surface area contributed by atoms with E-state index in [9.17, 15) is 0 Å². The maximum atomic E-state index is 6.53. The first-order chi connectivity index (χ1) is 16.7. The largest absolute Gasteiger partial charge is 0.482 e. The number of likely N-dealkylation sites (tertiary alicyclic amines) is 1. The molecule has 0 radical (unpaired) electrons. The molecule has 4 aliphatic heterocycles. The van der Waals surface area contributed by atoms with Crippen LogP contribution in [0.5, 0.6) is 5.75 Å². The minimum absolute atomic E-state index is 0.174. The van der Waals surface area contributed by atoms with Crippen molar-refractivity contribution in [3.8, 4) is 18.1 Å². The molecule has 4 aliphatic rings. The minimum Gasteiger partial charge on any atom is -0.482 e. The number of terminal acetylenes is 1. The van der Waals surface area contributed by atoms with E-state index in [4.69, 9.17) is 20.9 Å². The molecule has 6 rings (SSSR count). The maximum Gasteiger partial charge on any atom is 0.159 e. The van der Waals surface area contributed by atoms with Crippen LogP contribution in [0.2, 0.25) is 0 Å². The van der Waals surface area contributed by atoms with Crippen molar-refractivity contribution < 1.29 is 9.47 Å². The predicted molar refractivity (Wildman–Crippen MR) is 134 cm³/mol. The van der Waals surface area contributed by atoms with Gasteiger partial charge in [-0.2, -0.15) is 0 Å². The Morgan fingerprint density at radius 2 is 1.91 bits per heavy atom. The third-order valence-corrected chi connectivity index (χ3v) is 7.82. The normalized spacial score (nSPS) is 23.5. The van der Waals surface area contributed by atoms with Gasteiger partial charge >= 0.3 is 0 Å². The fourth-order valence-electron chi connectivity index (χ4n) is 5.75. The van der Waals surface area contributed by atoms with Crippen LogP contribution in [0.3, 0.4) is 0 Å². The van der Waals surface area contributed by atoms with Crippen LogP contribution in [0.1, 0.15) is 48.5 Å². The highest BCUT2D eigenvalue weighted by atomic mass is 16.5. The van der Waals surface area contributed by atoms with Crippen molar-refractivity contribution in [1.82, 2.24) is 15.2 Å². The molecule has 0 saturated carbocycles. The molecule has 1 aromatic heterocycles. The average molecular weight is 460 g/mol. The molecular weight excluding hydrogens is 426 g/mol. The van der Waals surface area contributed by atoms with Gasteiger partial charge in [-0.25, -0.2) is 4.98 Å². The summed E-state index contributed by atoms with van der Waals surface area (Å²) in [7, 11) is 0. The van der Waals surface area contributed by atoms with Crippen LogP contribution in [0.25, 0.3) is 0 Å². The average Bonchev–Trinajstić information content (AvgIpc) is 2.99. The van der Waals surface area contributed by atoms with Crippen LogP contribution in [0.15, 0.2) is 24.4 Å². The number of hydrogen-bond donors (Lipinski definition) is 2. The van der Waals surface area contributed by atoms with Gasteiger partial charge in [0.05, 0.1) is 30.0 Å². The number of aromatic nitrogens is 1. The zero-order valence-corrected chi connectivity index (χ0v) is 19.8. The van der Waals surface area contributed by atoms with Gasteiger partial charge in [0, 0.05) is 44.1 Å². The lowest BCUT2D eigenvalue weighted by Crippen LogP contribution is -2.58. The van der Waals surface area contributed by atoms with Gasteiger partial charge in [0.15, 0.2) is 5.75 Å². The fourth-order valence-corrected chi connectivity index (χ4v) is 5.75. The molecule has 1 aromatic carbocycles. The highest BCUT2D eigenvalue weighted by molar-refractivity contribution is 5.76. The summed E-state index contributed by atoms with van der Waals surface area (Å²) in [6.07, 6.45) is 10.0. The third-order valence-electron chi connectivity index (χ3n) is 7.82. The van der Waals surface area contributed by atoms with E-state index in [1.807, 2.05) is 6.20 Å². The molecule has 2 aromatic rings. The number of anilines is 3. The van der Waals surface area contributed by atoms with Gasteiger partial charge in [0.25, 0.3) is 0 Å². The second-order valence-electron chi connectivity index (χ2n) is 9.79. The minimum atomic E-state index is -0.174. The van der Waals surface area contributed by atoms with Crippen LogP contribution < -0.4 is 20.3 Å². The molecule has 3 fully saturated rings. The van der Waals surface area contributed by atoms with Gasteiger partial charge in [0.2, 0.25) is 0 Å². The lowest BCUT2D eigenvalue weighted by Gasteiger charge is -2.42. The van der Waals surface area contributed by atoms with E-state index < -0.39 is 0 Å². The van der Waals surface area contributed by atoms with Crippen molar-refractivity contribution in [3.63, 3.8) is 0 Å². The molecule has 3 saturated heterocycles. The molecule has 34 heavy (non-hydrogen) atoms. The van der Waals surface area contributed by atoms with Gasteiger partial charge in [-0.3, -0.25) is 4.90 Å². The summed E-state index contributed by atoms with van der Waals surface area (Å²) in [5.74, 6) is 5.01. The number of piperidine rings is 1. The van der Waals surface area contributed by atoms with E-state index in [1.54, 1.807) is 0 Å². The van der Waals surface area contributed by atoms with E-state index in [-0.39, 0.29) is 6.10 Å². The van der Waals surface area contributed by atoms with Crippen LogP contribution >= 0.6 is 0 Å². The topological polar surface area (TPSA) is 61.9 Å². The SMILES string of the molecule is C#Cc1cc(C2CCN(C3CNC3)CC2)cc2c1OC(C)c1c(N3CCOCC3)ccnc1N2. The van der Waals surface area contributed by atoms with E-state index in [2.05, 4.69) is 51.5 Å². The summed E-state index contributed by atoms with van der Waals surface area (Å²) in [5, 5.41) is 7.00. The van der Waals surface area contributed by atoms with Gasteiger partial charge in [0.1, 0.15) is 11.9 Å². The summed E-state index contributed by atoms with van der Waals surface area (Å²) in [6.45, 7) is 9.84. The van der Waals surface area contributed by atoms with Crippen LogP contribution in [0, 0.1) is 12.3 Å². The van der Waals surface area contributed by atoms with Crippen LogP contribution in [-0.4, -0.2) is 68.4 Å². The van der Waals surface area contributed by atoms with Crippen molar-refractivity contribution >= 4 is 17.2 Å². The molecule has 0 aliphatic carbocycles. The number of nitrogens with zero attached hydrogens (tertiary/aromatic N) is 3. The third kappa shape index (κ3) is 3.90. The number of nitrogens with one attached hydrogen (secondary N) is 2. The Kier molecular flexibility index (Phi) is 5.82. The molecular formula is C27H33N5O2. The zero-order valence-electron chi connectivity index (χ0n) is 19.8. The van der Waals surface area contributed by atoms with E-state index >= 15 is 0 Å². The summed E-state index contributed by atoms with van der Waals surface area (Å²) in [5.41, 5.74) is 5.27. The van der Waals surface area contributed by atoms with Crippen molar-refractivity contribution in [2.24, 2.45) is 0 Å². The molecule has 1 unspecified atom stereocenters. The lowest BCUT2D eigenvalue weighted by atomic mass is 9.87. The Balaban J connectivity index is 1.31. The summed E-state index contributed by atoms with van der Waals surface area (Å²) < 4.78 is 12.1. The van der Waals surface area contributed by atoms with Crippen LogP contribution in [0.4, 0.5) is 17.2 Å². The molecule has 0 spiro atoms. The van der Waals surface area contributed by atoms with Crippen molar-refractivity contribution in [1.29, 1.82) is 0 Å². The van der Waals surface area contributed by atoms with Gasteiger partial charge in [-0.15, -0.1) is 6.42 Å². The highest BCUT2D eigenvalue weighted by Gasteiger charge is 2.31. The molecule has 0 bridgehead atoms. The Bertz CT molecular complexity index is 1090. The first kappa shape index (κ1) is 21.7. The number of hydrogen-bond acceptors (Lipinski definition) is 7. The standard InChI is InChI=1S/C27H33N5O2/c1-3-19-14-21(20-5-8-31(9-6-20)22-16-28-17-22)15-23-26(19)34-18(2)25-24(4-7-29-27(25)30-23)32-10-12-33-13-11-32/h1,4,7,14-15,18,20,22,28H,5-6,8-13,16-17H2,2H3,(H,29,30). The van der Waals surface area contributed by atoms with E-state index in [0.717, 1.165) is 99.4 Å². The summed E-state index contributed by atoms with van der Waals surface area (Å²) in [6, 6.07) is 7.21. The number of benzene rings is 1. The molecule has 1 atom stereocenters. The Hall–Kier alpha value is -2.79. The Morgan fingerprint density at radius 1 is 1.12 bits per heavy atom. The first-order valence-corrected chi connectivity index (χ1v) is 12.6. The van der Waals surface area contributed by atoms with Crippen molar-refractivity contribution in [2.45, 2.75) is 37.8 Å². The molecule has 178 valence electrons. The molecule has 0 amide bonds. The molecule has 7 nitrogen and oxygen atoms in total. The second-order valence-corrected chi connectivity index (χ2v) is 9.79. The number of ether oxygens (including phenoxy) is 2. The predicted octanol–water partition coefficient (Wildman–Crippen LogP) is 3.25. The Labute approximate surface area is 201 Å². The molecule has 5 heterocycles. The zero-order chi connectivity index (χ0) is 23.1. The monoisotopic (exact) mass is 459 g/mol. The maximum absolute atomic E-state index is 6.53. The smallest absolute Gasteiger partial charge is 0.159 e. The van der Waals surface area contributed by atoms with E-state index in [1.165, 1.54) is 5.56 Å². The quantitative estimate of drug-likeness (QED) is 0.684. The first-order valence-electron chi connectivity index (χ1n) is 12.6. The molecule has 7 heteroatoms. The van der Waals surface area contributed by atoms with Crippen molar-refractivity contribution in [3.05, 3.63) is 41.1 Å². The second kappa shape index (κ2) is 9.10. The summed E-state index contributed by atoms with van der Waals surface area (Å²) in [4.78, 5) is 9.71. The van der Waals surface area contributed by atoms with E-state index in [0.29, 0.717) is 12.0 Å². The number of pyridine rings is 1. The van der Waals surface area contributed by atoms with Crippen molar-refractivity contribution in [2.75, 3.05) is 62.7 Å². The lowest BCUT2D eigenvalue weighted by molar-refractivity contribution is 0.113. The Morgan fingerprint density at radius 3 is 2.62 bits per heavy atom. The van der Waals surface area contributed by atoms with Gasteiger partial charge in [-0.1, -0.05) is 5.92 Å².